The van der Waals surface area contributed by atoms with E-state index in [1.807, 2.05) is 11.8 Å². The van der Waals surface area contributed by atoms with Gasteiger partial charge in [0.25, 0.3) is 0 Å². The fourth-order valence-corrected chi connectivity index (χ4v) is 4.30. The number of piperidine rings is 2. The lowest BCUT2D eigenvalue weighted by Crippen LogP contribution is -2.53. The van der Waals surface area contributed by atoms with Crippen molar-refractivity contribution >= 4 is 6.09 Å². The normalized spacial score (nSPS) is 22.6. The van der Waals surface area contributed by atoms with Gasteiger partial charge < -0.3 is 9.64 Å². The molecule has 2 saturated heterocycles. The standard InChI is InChI=1S/C21H33N3O2/c1-3-26-21(25)23-14-11-19(12-15-23)24-13-7-10-20(17-24)22(2)16-18-8-5-4-6-9-18/h4-6,8-9,19-20H,3,7,10-17H2,1-2H3/t20-/m1/s1. The van der Waals surface area contributed by atoms with Crippen LogP contribution in [-0.4, -0.2) is 72.7 Å². The molecule has 0 aromatic heterocycles. The second-order valence-electron chi connectivity index (χ2n) is 7.61. The summed E-state index contributed by atoms with van der Waals surface area (Å²) in [6.45, 7) is 7.33. The summed E-state index contributed by atoms with van der Waals surface area (Å²) >= 11 is 0. The summed E-state index contributed by atoms with van der Waals surface area (Å²) in [6, 6.07) is 12.0. The van der Waals surface area contributed by atoms with E-state index in [1.165, 1.54) is 24.9 Å². The number of benzene rings is 1. The number of likely N-dealkylation sites (tertiary alicyclic amines) is 2. The van der Waals surface area contributed by atoms with Crippen LogP contribution in [0.1, 0.15) is 38.2 Å². The van der Waals surface area contributed by atoms with Crippen LogP contribution in [0.4, 0.5) is 4.79 Å². The van der Waals surface area contributed by atoms with Gasteiger partial charge in [0, 0.05) is 38.3 Å². The molecule has 0 aliphatic carbocycles. The molecule has 144 valence electrons. The maximum atomic E-state index is 11.9. The maximum absolute atomic E-state index is 11.9. The third-order valence-corrected chi connectivity index (χ3v) is 5.83. The van der Waals surface area contributed by atoms with Crippen molar-refractivity contribution in [2.75, 3.05) is 39.8 Å². The lowest BCUT2D eigenvalue weighted by atomic mass is 9.97. The molecule has 0 N–H and O–H groups in total. The van der Waals surface area contributed by atoms with Gasteiger partial charge in [0.1, 0.15) is 0 Å². The molecule has 2 fully saturated rings. The Bertz CT molecular complexity index is 558. The lowest BCUT2D eigenvalue weighted by Gasteiger charge is -2.44. The highest BCUT2D eigenvalue weighted by Crippen LogP contribution is 2.24. The molecule has 5 heteroatoms. The Morgan fingerprint density at radius 3 is 2.58 bits per heavy atom. The first kappa shape index (κ1) is 19.2. The van der Waals surface area contributed by atoms with Gasteiger partial charge in [-0.25, -0.2) is 4.79 Å². The molecule has 1 amide bonds. The van der Waals surface area contributed by atoms with E-state index >= 15 is 0 Å². The average Bonchev–Trinajstić information content (AvgIpc) is 2.69. The number of carbonyl (C=O) groups excluding carboxylic acids is 1. The monoisotopic (exact) mass is 359 g/mol. The largest absolute Gasteiger partial charge is 0.450 e. The van der Waals surface area contributed by atoms with Crippen molar-refractivity contribution in [3.8, 4) is 0 Å². The molecule has 0 radical (unpaired) electrons. The molecular formula is C21H33N3O2. The molecule has 2 heterocycles. The summed E-state index contributed by atoms with van der Waals surface area (Å²) in [7, 11) is 2.25. The quantitative estimate of drug-likeness (QED) is 0.809. The number of nitrogens with zero attached hydrogens (tertiary/aromatic N) is 3. The summed E-state index contributed by atoms with van der Waals surface area (Å²) in [5.74, 6) is 0. The summed E-state index contributed by atoms with van der Waals surface area (Å²) in [6.07, 6.45) is 4.52. The second-order valence-corrected chi connectivity index (χ2v) is 7.61. The Morgan fingerprint density at radius 2 is 1.88 bits per heavy atom. The highest BCUT2D eigenvalue weighted by Gasteiger charge is 2.31. The van der Waals surface area contributed by atoms with Gasteiger partial charge in [0.2, 0.25) is 0 Å². The van der Waals surface area contributed by atoms with Crippen LogP contribution in [0, 0.1) is 0 Å². The molecule has 0 unspecified atom stereocenters. The van der Waals surface area contributed by atoms with Gasteiger partial charge in [0.05, 0.1) is 6.61 Å². The molecule has 0 bridgehead atoms. The van der Waals surface area contributed by atoms with Crippen LogP contribution < -0.4 is 0 Å². The van der Waals surface area contributed by atoms with Crippen molar-refractivity contribution in [1.82, 2.24) is 14.7 Å². The predicted octanol–water partition coefficient (Wildman–Crippen LogP) is 3.20. The van der Waals surface area contributed by atoms with Gasteiger partial charge in [-0.2, -0.15) is 0 Å². The number of amides is 1. The van der Waals surface area contributed by atoms with Crippen LogP contribution in [0.3, 0.4) is 0 Å². The molecule has 1 atom stereocenters. The van der Waals surface area contributed by atoms with E-state index in [0.717, 1.165) is 39.0 Å². The van der Waals surface area contributed by atoms with Crippen molar-refractivity contribution in [3.63, 3.8) is 0 Å². The van der Waals surface area contributed by atoms with E-state index in [9.17, 15) is 4.79 Å². The van der Waals surface area contributed by atoms with Crippen molar-refractivity contribution < 1.29 is 9.53 Å². The van der Waals surface area contributed by atoms with E-state index < -0.39 is 0 Å². The molecular weight excluding hydrogens is 326 g/mol. The molecule has 1 aromatic rings. The minimum Gasteiger partial charge on any atom is -0.450 e. The molecule has 2 aliphatic rings. The zero-order chi connectivity index (χ0) is 18.4. The van der Waals surface area contributed by atoms with Crippen LogP contribution >= 0.6 is 0 Å². The topological polar surface area (TPSA) is 36.0 Å². The van der Waals surface area contributed by atoms with E-state index in [4.69, 9.17) is 4.74 Å². The number of ether oxygens (including phenoxy) is 1. The zero-order valence-corrected chi connectivity index (χ0v) is 16.3. The fourth-order valence-electron chi connectivity index (χ4n) is 4.30. The van der Waals surface area contributed by atoms with Gasteiger partial charge >= 0.3 is 6.09 Å². The smallest absolute Gasteiger partial charge is 0.409 e. The molecule has 26 heavy (non-hydrogen) atoms. The Kier molecular flexibility index (Phi) is 6.92. The van der Waals surface area contributed by atoms with Gasteiger partial charge in [-0.1, -0.05) is 30.3 Å². The molecule has 5 nitrogen and oxygen atoms in total. The van der Waals surface area contributed by atoms with E-state index in [1.54, 1.807) is 0 Å². The van der Waals surface area contributed by atoms with Gasteiger partial charge in [-0.05, 0) is 51.8 Å². The van der Waals surface area contributed by atoms with Crippen LogP contribution in [0.15, 0.2) is 30.3 Å². The number of hydrogen-bond acceptors (Lipinski definition) is 4. The van der Waals surface area contributed by atoms with E-state index in [-0.39, 0.29) is 6.09 Å². The molecule has 3 rings (SSSR count). The van der Waals surface area contributed by atoms with E-state index in [0.29, 0.717) is 18.7 Å². The maximum Gasteiger partial charge on any atom is 0.409 e. The fraction of sp³-hybridized carbons (Fsp3) is 0.667. The third-order valence-electron chi connectivity index (χ3n) is 5.83. The second kappa shape index (κ2) is 9.38. The Labute approximate surface area is 157 Å². The van der Waals surface area contributed by atoms with Crippen LogP contribution in [-0.2, 0) is 11.3 Å². The third kappa shape index (κ3) is 4.98. The van der Waals surface area contributed by atoms with Crippen LogP contribution in [0.25, 0.3) is 0 Å². The number of carbonyl (C=O) groups is 1. The van der Waals surface area contributed by atoms with E-state index in [2.05, 4.69) is 47.2 Å². The number of hydrogen-bond donors (Lipinski definition) is 0. The van der Waals surface area contributed by atoms with Crippen LogP contribution in [0.5, 0.6) is 0 Å². The van der Waals surface area contributed by atoms with Gasteiger partial charge in [-0.3, -0.25) is 9.80 Å². The van der Waals surface area contributed by atoms with Gasteiger partial charge in [0.15, 0.2) is 0 Å². The number of rotatable bonds is 5. The van der Waals surface area contributed by atoms with Crippen molar-refractivity contribution in [3.05, 3.63) is 35.9 Å². The minimum absolute atomic E-state index is 0.148. The molecule has 2 aliphatic heterocycles. The summed E-state index contributed by atoms with van der Waals surface area (Å²) in [5, 5.41) is 0. The van der Waals surface area contributed by atoms with Gasteiger partial charge in [-0.15, -0.1) is 0 Å². The first-order valence-corrected chi connectivity index (χ1v) is 10.1. The highest BCUT2D eigenvalue weighted by atomic mass is 16.6. The Balaban J connectivity index is 1.48. The summed E-state index contributed by atoms with van der Waals surface area (Å²) < 4.78 is 5.13. The first-order chi connectivity index (χ1) is 12.7. The summed E-state index contributed by atoms with van der Waals surface area (Å²) in [5.41, 5.74) is 1.38. The first-order valence-electron chi connectivity index (χ1n) is 10.1. The highest BCUT2D eigenvalue weighted by molar-refractivity contribution is 5.67. The zero-order valence-electron chi connectivity index (χ0n) is 16.3. The predicted molar refractivity (Wildman–Crippen MR) is 104 cm³/mol. The molecule has 1 aromatic carbocycles. The van der Waals surface area contributed by atoms with Crippen molar-refractivity contribution in [2.45, 2.75) is 51.2 Å². The van der Waals surface area contributed by atoms with Crippen molar-refractivity contribution in [2.24, 2.45) is 0 Å². The Hall–Kier alpha value is -1.59. The molecule has 0 saturated carbocycles. The lowest BCUT2D eigenvalue weighted by molar-refractivity contribution is 0.0438. The minimum atomic E-state index is -0.148. The molecule has 0 spiro atoms. The van der Waals surface area contributed by atoms with Crippen LogP contribution in [0.2, 0.25) is 0 Å². The average molecular weight is 360 g/mol. The SMILES string of the molecule is CCOC(=O)N1CCC(N2CCC[C@@H](N(C)Cc3ccccc3)C2)CC1. The number of likely N-dealkylation sites (N-methyl/N-ethyl adjacent to an activating group) is 1. The Morgan fingerprint density at radius 1 is 1.15 bits per heavy atom. The van der Waals surface area contributed by atoms with Crippen molar-refractivity contribution in [1.29, 1.82) is 0 Å². The summed E-state index contributed by atoms with van der Waals surface area (Å²) in [4.78, 5) is 18.9.